The number of amides is 1. The minimum absolute atomic E-state index is 0.137. The average molecular weight is 388 g/mol. The van der Waals surface area contributed by atoms with Crippen LogP contribution in [0, 0.1) is 0 Å². The SMILES string of the molecule is O=C1Nc2cc(-c3ccco3)ccc2C1=CNc1ccc(N2CCOCC2)nc1. The molecule has 7 nitrogen and oxygen atoms in total. The minimum atomic E-state index is -0.137. The van der Waals surface area contributed by atoms with Gasteiger partial charge in [-0.15, -0.1) is 0 Å². The van der Waals surface area contributed by atoms with Crippen LogP contribution in [-0.4, -0.2) is 37.2 Å². The van der Waals surface area contributed by atoms with Gasteiger partial charge in [-0.1, -0.05) is 12.1 Å². The molecule has 1 amide bonds. The Kier molecular flexibility index (Phi) is 4.50. The Morgan fingerprint density at radius 2 is 2.03 bits per heavy atom. The van der Waals surface area contributed by atoms with Gasteiger partial charge in [0, 0.05) is 36.1 Å². The maximum atomic E-state index is 12.4. The molecule has 29 heavy (non-hydrogen) atoms. The van der Waals surface area contributed by atoms with E-state index in [9.17, 15) is 4.79 Å². The van der Waals surface area contributed by atoms with Crippen LogP contribution in [0.25, 0.3) is 16.9 Å². The number of carbonyl (C=O) groups is 1. The molecule has 7 heteroatoms. The maximum Gasteiger partial charge on any atom is 0.257 e. The zero-order chi connectivity index (χ0) is 19.6. The number of furan rings is 1. The van der Waals surface area contributed by atoms with E-state index in [4.69, 9.17) is 9.15 Å². The molecule has 0 saturated carbocycles. The predicted molar refractivity (Wildman–Crippen MR) is 112 cm³/mol. The standard InChI is InChI=1S/C22H20N4O3/c27-22-18(17-5-3-15(12-19(17)25-22)20-2-1-9-29-20)14-23-16-4-6-21(24-13-16)26-7-10-28-11-8-26/h1-6,9,12-14,23H,7-8,10-11H2,(H,25,27). The van der Waals surface area contributed by atoms with E-state index in [0.717, 1.165) is 60.4 Å². The van der Waals surface area contributed by atoms with Gasteiger partial charge in [-0.3, -0.25) is 4.79 Å². The molecular weight excluding hydrogens is 368 g/mol. The van der Waals surface area contributed by atoms with Crippen molar-refractivity contribution in [1.29, 1.82) is 0 Å². The van der Waals surface area contributed by atoms with Gasteiger partial charge >= 0.3 is 0 Å². The van der Waals surface area contributed by atoms with Gasteiger partial charge in [0.15, 0.2) is 0 Å². The van der Waals surface area contributed by atoms with Crippen LogP contribution in [0.15, 0.2) is 65.5 Å². The highest BCUT2D eigenvalue weighted by atomic mass is 16.5. The number of carbonyl (C=O) groups excluding carboxylic acids is 1. The molecule has 2 aliphatic heterocycles. The molecule has 1 aromatic carbocycles. The second-order valence-electron chi connectivity index (χ2n) is 6.90. The summed E-state index contributed by atoms with van der Waals surface area (Å²) in [6, 6.07) is 13.5. The lowest BCUT2D eigenvalue weighted by molar-refractivity contribution is -0.110. The van der Waals surface area contributed by atoms with Gasteiger partial charge < -0.3 is 24.7 Å². The zero-order valence-corrected chi connectivity index (χ0v) is 15.7. The number of fused-ring (bicyclic) bond motifs is 1. The van der Waals surface area contributed by atoms with Crippen LogP contribution in [-0.2, 0) is 9.53 Å². The molecule has 0 bridgehead atoms. The van der Waals surface area contributed by atoms with Gasteiger partial charge in [0.1, 0.15) is 11.6 Å². The molecule has 2 aromatic heterocycles. The molecule has 0 spiro atoms. The first kappa shape index (κ1) is 17.5. The fraction of sp³-hybridized carbons (Fsp3) is 0.182. The van der Waals surface area contributed by atoms with Crippen molar-refractivity contribution in [3.8, 4) is 11.3 Å². The third-order valence-electron chi connectivity index (χ3n) is 5.07. The van der Waals surface area contributed by atoms with Gasteiger partial charge in [-0.2, -0.15) is 0 Å². The predicted octanol–water partition coefficient (Wildman–Crippen LogP) is 3.58. The highest BCUT2D eigenvalue weighted by Gasteiger charge is 2.24. The summed E-state index contributed by atoms with van der Waals surface area (Å²) in [4.78, 5) is 19.2. The quantitative estimate of drug-likeness (QED) is 0.665. The first-order valence-electron chi connectivity index (χ1n) is 9.53. The van der Waals surface area contributed by atoms with E-state index in [0.29, 0.717) is 5.57 Å². The number of pyridine rings is 1. The number of rotatable bonds is 4. The van der Waals surface area contributed by atoms with Gasteiger partial charge in [0.25, 0.3) is 5.91 Å². The smallest absolute Gasteiger partial charge is 0.257 e. The van der Waals surface area contributed by atoms with Crippen LogP contribution in [0.5, 0.6) is 0 Å². The fourth-order valence-electron chi connectivity index (χ4n) is 3.54. The molecular formula is C22H20N4O3. The largest absolute Gasteiger partial charge is 0.464 e. The molecule has 3 aromatic rings. The van der Waals surface area contributed by atoms with Crippen LogP contribution in [0.1, 0.15) is 5.56 Å². The molecule has 146 valence electrons. The summed E-state index contributed by atoms with van der Waals surface area (Å²) in [5.41, 5.74) is 3.96. The van der Waals surface area contributed by atoms with Crippen LogP contribution >= 0.6 is 0 Å². The first-order chi connectivity index (χ1) is 14.3. The lowest BCUT2D eigenvalue weighted by Crippen LogP contribution is -2.36. The zero-order valence-electron chi connectivity index (χ0n) is 15.7. The highest BCUT2D eigenvalue weighted by molar-refractivity contribution is 6.31. The molecule has 0 aliphatic carbocycles. The molecule has 0 radical (unpaired) electrons. The lowest BCUT2D eigenvalue weighted by atomic mass is 10.0. The molecule has 4 heterocycles. The van der Waals surface area contributed by atoms with E-state index in [1.807, 2.05) is 42.5 Å². The Hall–Kier alpha value is -3.58. The van der Waals surface area contributed by atoms with Gasteiger partial charge in [-0.05, 0) is 30.3 Å². The number of ether oxygens (including phenoxy) is 1. The van der Waals surface area contributed by atoms with Gasteiger partial charge in [0.2, 0.25) is 0 Å². The normalized spacial score (nSPS) is 17.3. The van der Waals surface area contributed by atoms with E-state index in [1.165, 1.54) is 0 Å². The third-order valence-corrected chi connectivity index (χ3v) is 5.07. The highest BCUT2D eigenvalue weighted by Crippen LogP contribution is 2.35. The van der Waals surface area contributed by atoms with E-state index in [2.05, 4.69) is 20.5 Å². The summed E-state index contributed by atoms with van der Waals surface area (Å²) in [6.45, 7) is 3.15. The fourth-order valence-corrected chi connectivity index (χ4v) is 3.54. The first-order valence-corrected chi connectivity index (χ1v) is 9.53. The van der Waals surface area contributed by atoms with E-state index < -0.39 is 0 Å². The number of morpholine rings is 1. The number of anilines is 3. The number of nitrogens with one attached hydrogen (secondary N) is 2. The Labute approximate surface area is 168 Å². The van der Waals surface area contributed by atoms with Crippen molar-refractivity contribution < 1.29 is 13.9 Å². The molecule has 5 rings (SSSR count). The summed E-state index contributed by atoms with van der Waals surface area (Å²) in [5, 5.41) is 6.10. The average Bonchev–Trinajstić information content (AvgIpc) is 3.40. The molecule has 1 fully saturated rings. The topological polar surface area (TPSA) is 79.6 Å². The van der Waals surface area contributed by atoms with Crippen LogP contribution in [0.3, 0.4) is 0 Å². The molecule has 2 aliphatic rings. The van der Waals surface area contributed by atoms with Crippen LogP contribution < -0.4 is 15.5 Å². The number of aromatic nitrogens is 1. The summed E-state index contributed by atoms with van der Waals surface area (Å²) in [7, 11) is 0. The number of hydrogen-bond donors (Lipinski definition) is 2. The molecule has 2 N–H and O–H groups in total. The van der Waals surface area contributed by atoms with Gasteiger partial charge in [0.05, 0.1) is 36.9 Å². The number of benzene rings is 1. The Morgan fingerprint density at radius 1 is 1.14 bits per heavy atom. The Bertz CT molecular complexity index is 1050. The van der Waals surface area contributed by atoms with Crippen molar-refractivity contribution in [2.75, 3.05) is 41.8 Å². The number of nitrogens with zero attached hydrogens (tertiary/aromatic N) is 2. The van der Waals surface area contributed by atoms with Crippen molar-refractivity contribution in [1.82, 2.24) is 4.98 Å². The molecule has 1 saturated heterocycles. The monoisotopic (exact) mass is 388 g/mol. The van der Waals surface area contributed by atoms with E-state index >= 15 is 0 Å². The maximum absolute atomic E-state index is 12.4. The minimum Gasteiger partial charge on any atom is -0.464 e. The summed E-state index contributed by atoms with van der Waals surface area (Å²) >= 11 is 0. The Morgan fingerprint density at radius 3 is 2.79 bits per heavy atom. The second-order valence-corrected chi connectivity index (χ2v) is 6.90. The summed E-state index contributed by atoms with van der Waals surface area (Å²) < 4.78 is 10.8. The van der Waals surface area contributed by atoms with E-state index in [1.54, 1.807) is 18.7 Å². The van der Waals surface area contributed by atoms with Crippen molar-refractivity contribution in [2.24, 2.45) is 0 Å². The third kappa shape index (κ3) is 3.48. The molecule has 0 unspecified atom stereocenters. The van der Waals surface area contributed by atoms with Crippen LogP contribution in [0.4, 0.5) is 17.2 Å². The molecule has 0 atom stereocenters. The van der Waals surface area contributed by atoms with Crippen molar-refractivity contribution in [2.45, 2.75) is 0 Å². The summed E-state index contributed by atoms with van der Waals surface area (Å²) in [6.07, 6.45) is 5.13. The second kappa shape index (κ2) is 7.44. The van der Waals surface area contributed by atoms with Crippen molar-refractivity contribution in [3.63, 3.8) is 0 Å². The Balaban J connectivity index is 1.33. The summed E-state index contributed by atoms with van der Waals surface area (Å²) in [5.74, 6) is 1.56. The van der Waals surface area contributed by atoms with Gasteiger partial charge in [-0.25, -0.2) is 4.98 Å². The van der Waals surface area contributed by atoms with E-state index in [-0.39, 0.29) is 5.91 Å². The van der Waals surface area contributed by atoms with Crippen molar-refractivity contribution in [3.05, 3.63) is 66.7 Å². The van der Waals surface area contributed by atoms with Crippen LogP contribution in [0.2, 0.25) is 0 Å². The lowest BCUT2D eigenvalue weighted by Gasteiger charge is -2.27. The number of hydrogen-bond acceptors (Lipinski definition) is 6. The van der Waals surface area contributed by atoms with Crippen molar-refractivity contribution >= 4 is 28.7 Å².